The summed E-state index contributed by atoms with van der Waals surface area (Å²) in [6.45, 7) is 5.17. The third-order valence-corrected chi connectivity index (χ3v) is 3.76. The van der Waals surface area contributed by atoms with Crippen molar-refractivity contribution < 1.29 is 9.59 Å². The van der Waals surface area contributed by atoms with E-state index in [9.17, 15) is 9.59 Å². The lowest BCUT2D eigenvalue weighted by Gasteiger charge is -2.22. The van der Waals surface area contributed by atoms with Crippen LogP contribution < -0.4 is 11.1 Å². The van der Waals surface area contributed by atoms with Crippen LogP contribution in [-0.4, -0.2) is 33.2 Å². The number of carbonyl (C=O) groups excluding carboxylic acids is 2. The van der Waals surface area contributed by atoms with Crippen molar-refractivity contribution in [3.63, 3.8) is 0 Å². The van der Waals surface area contributed by atoms with Crippen LogP contribution in [-0.2, 0) is 17.9 Å². The predicted molar refractivity (Wildman–Crippen MR) is 95.5 cm³/mol. The Labute approximate surface area is 147 Å². The third kappa shape index (κ3) is 5.95. The fraction of sp³-hybridized carbons (Fsp3) is 0.389. The topological polar surface area (TPSA) is 93.3 Å². The minimum atomic E-state index is -0.427. The Morgan fingerprint density at radius 3 is 2.56 bits per heavy atom. The molecule has 0 radical (unpaired) electrons. The van der Waals surface area contributed by atoms with Gasteiger partial charge in [-0.15, -0.1) is 0 Å². The quantitative estimate of drug-likeness (QED) is 0.768. The normalized spacial score (nSPS) is 10.7. The van der Waals surface area contributed by atoms with E-state index in [-0.39, 0.29) is 25.0 Å². The van der Waals surface area contributed by atoms with Gasteiger partial charge >= 0.3 is 6.03 Å². The summed E-state index contributed by atoms with van der Waals surface area (Å²) >= 11 is 0. The number of nitrogens with two attached hydrogens (primary N) is 1. The minimum Gasteiger partial charge on any atom is -0.370 e. The van der Waals surface area contributed by atoms with Crippen molar-refractivity contribution in [3.05, 3.63) is 53.9 Å². The maximum atomic E-state index is 12.5. The van der Waals surface area contributed by atoms with E-state index < -0.39 is 5.91 Å². The number of aromatic nitrogens is 2. The van der Waals surface area contributed by atoms with E-state index in [0.717, 1.165) is 11.1 Å². The molecular weight excluding hydrogens is 318 g/mol. The van der Waals surface area contributed by atoms with E-state index in [2.05, 4.69) is 10.4 Å². The standard InChI is InChI=1S/C18H25N5O2/c1-14(2)23-13-16(11-21-23)10-20-18(25)22(9-8-17(19)24)12-15-6-4-3-5-7-15/h3-7,11,13-14H,8-10,12H2,1-2H3,(H2,19,24)(H,20,25). The van der Waals surface area contributed by atoms with Gasteiger partial charge in [0.1, 0.15) is 0 Å². The van der Waals surface area contributed by atoms with Crippen molar-refractivity contribution in [1.29, 1.82) is 0 Å². The summed E-state index contributed by atoms with van der Waals surface area (Å²) in [6.07, 6.45) is 3.78. The van der Waals surface area contributed by atoms with Crippen molar-refractivity contribution in [2.24, 2.45) is 5.73 Å². The molecule has 1 heterocycles. The fourth-order valence-electron chi connectivity index (χ4n) is 2.34. The first kappa shape index (κ1) is 18.5. The third-order valence-electron chi connectivity index (χ3n) is 3.76. The molecule has 7 nitrogen and oxygen atoms in total. The molecule has 0 saturated heterocycles. The fourth-order valence-corrected chi connectivity index (χ4v) is 2.34. The smallest absolute Gasteiger partial charge is 0.317 e. The van der Waals surface area contributed by atoms with Gasteiger partial charge in [0.05, 0.1) is 6.20 Å². The number of primary amides is 1. The van der Waals surface area contributed by atoms with Gasteiger partial charge in [0.25, 0.3) is 0 Å². The van der Waals surface area contributed by atoms with E-state index >= 15 is 0 Å². The Morgan fingerprint density at radius 1 is 1.24 bits per heavy atom. The maximum Gasteiger partial charge on any atom is 0.317 e. The molecule has 0 atom stereocenters. The van der Waals surface area contributed by atoms with Crippen LogP contribution >= 0.6 is 0 Å². The van der Waals surface area contributed by atoms with Crippen LogP contribution in [0.25, 0.3) is 0 Å². The first-order chi connectivity index (χ1) is 12.0. The Morgan fingerprint density at radius 2 is 1.96 bits per heavy atom. The highest BCUT2D eigenvalue weighted by Crippen LogP contribution is 2.08. The number of urea groups is 1. The molecule has 25 heavy (non-hydrogen) atoms. The van der Waals surface area contributed by atoms with Crippen LogP contribution in [0.3, 0.4) is 0 Å². The second-order valence-electron chi connectivity index (χ2n) is 6.20. The second-order valence-corrected chi connectivity index (χ2v) is 6.20. The lowest BCUT2D eigenvalue weighted by Crippen LogP contribution is -2.40. The Bertz CT molecular complexity index is 697. The summed E-state index contributed by atoms with van der Waals surface area (Å²) in [6, 6.07) is 9.68. The Kier molecular flexibility index (Phi) is 6.56. The van der Waals surface area contributed by atoms with E-state index in [1.54, 1.807) is 11.1 Å². The van der Waals surface area contributed by atoms with Gasteiger partial charge in [-0.2, -0.15) is 5.10 Å². The molecule has 0 saturated carbocycles. The van der Waals surface area contributed by atoms with Crippen molar-refractivity contribution in [2.75, 3.05) is 6.54 Å². The van der Waals surface area contributed by atoms with Crippen LogP contribution in [0.1, 0.15) is 37.4 Å². The van der Waals surface area contributed by atoms with Crippen molar-refractivity contribution in [3.8, 4) is 0 Å². The van der Waals surface area contributed by atoms with Crippen LogP contribution in [0.4, 0.5) is 4.79 Å². The number of hydrogen-bond donors (Lipinski definition) is 2. The molecule has 0 aliphatic heterocycles. The first-order valence-corrected chi connectivity index (χ1v) is 8.33. The van der Waals surface area contributed by atoms with E-state index in [4.69, 9.17) is 5.73 Å². The average molecular weight is 343 g/mol. The monoisotopic (exact) mass is 343 g/mol. The average Bonchev–Trinajstić information content (AvgIpc) is 3.06. The molecule has 0 aliphatic rings. The highest BCUT2D eigenvalue weighted by Gasteiger charge is 2.15. The van der Waals surface area contributed by atoms with Gasteiger partial charge in [0.2, 0.25) is 5.91 Å². The number of hydrogen-bond acceptors (Lipinski definition) is 3. The molecule has 3 amide bonds. The zero-order valence-corrected chi connectivity index (χ0v) is 14.7. The number of benzene rings is 1. The van der Waals surface area contributed by atoms with Gasteiger partial charge in [0.15, 0.2) is 0 Å². The molecule has 0 spiro atoms. The molecule has 7 heteroatoms. The number of nitrogens with zero attached hydrogens (tertiary/aromatic N) is 3. The predicted octanol–water partition coefficient (Wildman–Crippen LogP) is 2.05. The molecule has 0 fully saturated rings. The SMILES string of the molecule is CC(C)n1cc(CNC(=O)N(CCC(N)=O)Cc2ccccc2)cn1. The van der Waals surface area contributed by atoms with Gasteiger partial charge in [-0.25, -0.2) is 4.79 Å². The van der Waals surface area contributed by atoms with E-state index in [0.29, 0.717) is 13.1 Å². The summed E-state index contributed by atoms with van der Waals surface area (Å²) in [5.41, 5.74) is 7.14. The molecule has 0 bridgehead atoms. The Balaban J connectivity index is 1.96. The molecule has 1 aromatic heterocycles. The van der Waals surface area contributed by atoms with Crippen molar-refractivity contribution >= 4 is 11.9 Å². The number of nitrogens with one attached hydrogen (secondary N) is 1. The van der Waals surface area contributed by atoms with Gasteiger partial charge in [-0.3, -0.25) is 9.48 Å². The molecule has 1 aromatic carbocycles. The van der Waals surface area contributed by atoms with Gasteiger partial charge in [-0.1, -0.05) is 30.3 Å². The van der Waals surface area contributed by atoms with Gasteiger partial charge < -0.3 is 16.0 Å². The molecule has 0 unspecified atom stereocenters. The van der Waals surface area contributed by atoms with Crippen LogP contribution in [0.2, 0.25) is 0 Å². The van der Waals surface area contributed by atoms with Gasteiger partial charge in [0, 0.05) is 43.9 Å². The first-order valence-electron chi connectivity index (χ1n) is 8.33. The number of carbonyl (C=O) groups is 2. The Hall–Kier alpha value is -2.83. The molecule has 2 aromatic rings. The molecule has 2 rings (SSSR count). The molecule has 3 N–H and O–H groups in total. The summed E-state index contributed by atoms with van der Waals surface area (Å²) < 4.78 is 1.84. The highest BCUT2D eigenvalue weighted by molar-refractivity contribution is 5.77. The summed E-state index contributed by atoms with van der Waals surface area (Å²) in [7, 11) is 0. The van der Waals surface area contributed by atoms with Crippen LogP contribution in [0.15, 0.2) is 42.7 Å². The summed E-state index contributed by atoms with van der Waals surface area (Å²) in [4.78, 5) is 25.2. The summed E-state index contributed by atoms with van der Waals surface area (Å²) in [5, 5.41) is 7.13. The van der Waals surface area contributed by atoms with E-state index in [1.165, 1.54) is 0 Å². The van der Waals surface area contributed by atoms with Crippen molar-refractivity contribution in [1.82, 2.24) is 20.0 Å². The lowest BCUT2D eigenvalue weighted by molar-refractivity contribution is -0.118. The molecular formula is C18H25N5O2. The molecule has 0 aliphatic carbocycles. The van der Waals surface area contributed by atoms with Crippen molar-refractivity contribution in [2.45, 2.75) is 39.4 Å². The summed E-state index contributed by atoms with van der Waals surface area (Å²) in [5.74, 6) is -0.427. The number of amides is 3. The van der Waals surface area contributed by atoms with E-state index in [1.807, 2.05) is 55.1 Å². The maximum absolute atomic E-state index is 12.5. The minimum absolute atomic E-state index is 0.130. The molecule has 134 valence electrons. The zero-order valence-electron chi connectivity index (χ0n) is 14.7. The second kappa shape index (κ2) is 8.86. The largest absolute Gasteiger partial charge is 0.370 e. The van der Waals surface area contributed by atoms with Crippen LogP contribution in [0.5, 0.6) is 0 Å². The highest BCUT2D eigenvalue weighted by atomic mass is 16.2. The van der Waals surface area contributed by atoms with Gasteiger partial charge in [-0.05, 0) is 19.4 Å². The zero-order chi connectivity index (χ0) is 18.2. The van der Waals surface area contributed by atoms with Crippen LogP contribution in [0, 0.1) is 0 Å². The lowest BCUT2D eigenvalue weighted by atomic mass is 10.2. The number of rotatable bonds is 8.